The van der Waals surface area contributed by atoms with Gasteiger partial charge in [-0.25, -0.2) is 14.4 Å². The van der Waals surface area contributed by atoms with Crippen molar-refractivity contribution in [3.05, 3.63) is 75.0 Å². The van der Waals surface area contributed by atoms with Gasteiger partial charge in [-0.15, -0.1) is 0 Å². The zero-order chi connectivity index (χ0) is 26.4. The number of anilines is 1. The highest BCUT2D eigenvalue weighted by atomic mass is 35.5. The van der Waals surface area contributed by atoms with Gasteiger partial charge in [0.1, 0.15) is 20.9 Å². The summed E-state index contributed by atoms with van der Waals surface area (Å²) in [5, 5.41) is 10.3. The summed E-state index contributed by atoms with van der Waals surface area (Å²) >= 11 is 10.2. The number of aromatic hydroxyl groups is 1. The summed E-state index contributed by atoms with van der Waals surface area (Å²) < 4.78 is 40.4. The number of hydrogen-bond acceptors (Lipinski definition) is 9. The Bertz CT molecular complexity index is 1450. The number of hydrogen-bond donors (Lipinski definition) is 2. The minimum Gasteiger partial charge on any atom is -0.767 e. The standard InChI is InChI=1S/C14H14N2O4S.C9H5Cl2FN2S/c1-9-6-11(8-16-14(9)21(18)19)15-7-10-4-3-5-12(20-2)13(10)17;10-5-2-1-4(3-6(5)12)7-8(11)15-9(13)14-7/h3-8,17H,1-2H3,(H,18,19);1-3H,(H2,13,14)/p-1. The lowest BCUT2D eigenvalue weighted by molar-refractivity contribution is 0.373. The molecule has 0 aliphatic rings. The first-order chi connectivity index (χ1) is 17.1. The first kappa shape index (κ1) is 27.5. The summed E-state index contributed by atoms with van der Waals surface area (Å²) in [4.78, 5) is 12.0. The number of para-hydroxylation sites is 1. The number of nitrogen functional groups attached to an aromatic ring is 1. The fraction of sp³-hybridized carbons (Fsp3) is 0.0870. The van der Waals surface area contributed by atoms with Crippen molar-refractivity contribution < 1.29 is 23.0 Å². The van der Waals surface area contributed by atoms with Gasteiger partial charge in [0.25, 0.3) is 0 Å². The summed E-state index contributed by atoms with van der Waals surface area (Å²) in [5.41, 5.74) is 8.02. The van der Waals surface area contributed by atoms with Gasteiger partial charge >= 0.3 is 0 Å². The third-order valence-electron chi connectivity index (χ3n) is 4.57. The maximum Gasteiger partial charge on any atom is 0.182 e. The number of aryl methyl sites for hydroxylation is 1. The van der Waals surface area contributed by atoms with Crippen LogP contribution >= 0.6 is 34.5 Å². The second kappa shape index (κ2) is 12.2. The first-order valence-electron chi connectivity index (χ1n) is 9.93. The van der Waals surface area contributed by atoms with Crippen LogP contribution < -0.4 is 10.5 Å². The molecule has 36 heavy (non-hydrogen) atoms. The molecule has 1 atom stereocenters. The third kappa shape index (κ3) is 6.77. The van der Waals surface area contributed by atoms with Gasteiger partial charge in [0.15, 0.2) is 16.6 Å². The Hall–Kier alpha value is -3.09. The average molecular weight is 568 g/mol. The lowest BCUT2D eigenvalue weighted by Crippen LogP contribution is -1.96. The highest BCUT2D eigenvalue weighted by Crippen LogP contribution is 2.35. The molecule has 0 amide bonds. The predicted octanol–water partition coefficient (Wildman–Crippen LogP) is 5.93. The molecule has 0 aliphatic heterocycles. The SMILES string of the molecule is COc1cccc(C=Nc2cnc(S(=O)[O-])c(C)c2)c1O.Nc1nc(-c2ccc(Cl)c(F)c2)c(Cl)s1. The zero-order valence-corrected chi connectivity index (χ0v) is 21.9. The number of methoxy groups -OCH3 is 1. The molecule has 2 heterocycles. The fourth-order valence-corrected chi connectivity index (χ4v) is 4.43. The molecule has 4 aromatic rings. The van der Waals surface area contributed by atoms with E-state index >= 15 is 0 Å². The van der Waals surface area contributed by atoms with Crippen LogP contribution in [0.25, 0.3) is 11.3 Å². The summed E-state index contributed by atoms with van der Waals surface area (Å²) in [6.45, 7) is 1.64. The zero-order valence-electron chi connectivity index (χ0n) is 18.7. The monoisotopic (exact) mass is 567 g/mol. The molecule has 0 saturated carbocycles. The van der Waals surface area contributed by atoms with Crippen molar-refractivity contribution in [1.29, 1.82) is 0 Å². The van der Waals surface area contributed by atoms with E-state index in [-0.39, 0.29) is 15.8 Å². The lowest BCUT2D eigenvalue weighted by Gasteiger charge is -2.07. The summed E-state index contributed by atoms with van der Waals surface area (Å²) in [7, 11) is 1.46. The number of aliphatic imine (C=N–C) groups is 1. The first-order valence-corrected chi connectivity index (χ1v) is 12.6. The largest absolute Gasteiger partial charge is 0.767 e. The number of pyridine rings is 1. The molecule has 3 N–H and O–H groups in total. The molecular formula is C23H18Cl2FN4O4S2-. The van der Waals surface area contributed by atoms with Gasteiger partial charge in [-0.05, 0) is 53.9 Å². The Morgan fingerprint density at radius 3 is 2.61 bits per heavy atom. The highest BCUT2D eigenvalue weighted by molar-refractivity contribution is 7.79. The van der Waals surface area contributed by atoms with E-state index in [2.05, 4.69) is 15.0 Å². The van der Waals surface area contributed by atoms with Crippen molar-refractivity contribution in [2.45, 2.75) is 11.9 Å². The molecule has 2 aromatic carbocycles. The summed E-state index contributed by atoms with van der Waals surface area (Å²) in [6.07, 6.45) is 2.81. The third-order valence-corrected chi connectivity index (χ3v) is 6.70. The van der Waals surface area contributed by atoms with E-state index in [9.17, 15) is 18.3 Å². The van der Waals surface area contributed by atoms with Crippen LogP contribution in [0.5, 0.6) is 11.5 Å². The second-order valence-electron chi connectivity index (χ2n) is 7.01. The van der Waals surface area contributed by atoms with Crippen molar-refractivity contribution in [2.24, 2.45) is 4.99 Å². The average Bonchev–Trinajstić information content (AvgIpc) is 3.18. The molecule has 0 bridgehead atoms. The number of phenols is 1. The van der Waals surface area contributed by atoms with E-state index in [0.717, 1.165) is 11.3 Å². The smallest absolute Gasteiger partial charge is 0.182 e. The van der Waals surface area contributed by atoms with Gasteiger partial charge in [-0.3, -0.25) is 9.20 Å². The molecule has 0 spiro atoms. The number of nitrogens with two attached hydrogens (primary N) is 1. The highest BCUT2D eigenvalue weighted by Gasteiger charge is 2.11. The molecule has 8 nitrogen and oxygen atoms in total. The van der Waals surface area contributed by atoms with Gasteiger partial charge in [-0.1, -0.05) is 46.7 Å². The number of thiazole rings is 1. The number of phenolic OH excluding ortho intramolecular Hbond substituents is 1. The Morgan fingerprint density at radius 2 is 2.03 bits per heavy atom. The van der Waals surface area contributed by atoms with Gasteiger partial charge in [0.2, 0.25) is 0 Å². The molecule has 1 unspecified atom stereocenters. The second-order valence-corrected chi connectivity index (χ2v) is 9.91. The molecular weight excluding hydrogens is 550 g/mol. The molecule has 2 aromatic heterocycles. The molecule has 188 valence electrons. The van der Waals surface area contributed by atoms with Crippen LogP contribution in [0.1, 0.15) is 11.1 Å². The number of nitrogens with zero attached hydrogens (tertiary/aromatic N) is 3. The van der Waals surface area contributed by atoms with E-state index in [1.54, 1.807) is 37.3 Å². The molecule has 0 aliphatic carbocycles. The maximum absolute atomic E-state index is 13.2. The van der Waals surface area contributed by atoms with Gasteiger partial charge in [-0.2, -0.15) is 0 Å². The predicted molar refractivity (Wildman–Crippen MR) is 140 cm³/mol. The van der Waals surface area contributed by atoms with E-state index in [1.807, 2.05) is 0 Å². The van der Waals surface area contributed by atoms with E-state index in [0.29, 0.717) is 43.3 Å². The van der Waals surface area contributed by atoms with E-state index in [4.69, 9.17) is 33.7 Å². The summed E-state index contributed by atoms with van der Waals surface area (Å²) in [5.74, 6) is -0.159. The van der Waals surface area contributed by atoms with Crippen molar-refractivity contribution in [3.63, 3.8) is 0 Å². The van der Waals surface area contributed by atoms with Crippen LogP contribution in [0, 0.1) is 12.7 Å². The fourth-order valence-electron chi connectivity index (χ4n) is 2.88. The van der Waals surface area contributed by atoms with Crippen LogP contribution in [0.3, 0.4) is 0 Å². The minimum absolute atomic E-state index is 0.00169. The van der Waals surface area contributed by atoms with Crippen LogP contribution in [0.15, 0.2) is 58.7 Å². The lowest BCUT2D eigenvalue weighted by atomic mass is 10.2. The normalized spacial score (nSPS) is 11.7. The molecule has 0 saturated heterocycles. The van der Waals surface area contributed by atoms with Crippen molar-refractivity contribution >= 4 is 62.7 Å². The summed E-state index contributed by atoms with van der Waals surface area (Å²) in [6, 6.07) is 11.0. The maximum atomic E-state index is 13.2. The molecule has 13 heteroatoms. The van der Waals surface area contributed by atoms with Crippen LogP contribution in [0.4, 0.5) is 15.2 Å². The van der Waals surface area contributed by atoms with Crippen molar-refractivity contribution in [3.8, 4) is 22.8 Å². The topological polar surface area (TPSA) is 134 Å². The van der Waals surface area contributed by atoms with Gasteiger partial charge in [0.05, 0.1) is 24.0 Å². The number of ether oxygens (including phenoxy) is 1. The Morgan fingerprint density at radius 1 is 1.28 bits per heavy atom. The number of benzene rings is 2. The number of aromatic nitrogens is 2. The minimum atomic E-state index is -2.37. The van der Waals surface area contributed by atoms with Crippen LogP contribution in [-0.2, 0) is 11.1 Å². The van der Waals surface area contributed by atoms with E-state index in [1.165, 1.54) is 31.7 Å². The Balaban J connectivity index is 0.000000212. The van der Waals surface area contributed by atoms with Crippen LogP contribution in [0.2, 0.25) is 9.36 Å². The molecule has 4 rings (SSSR count). The van der Waals surface area contributed by atoms with Gasteiger partial charge in [0, 0.05) is 17.3 Å². The van der Waals surface area contributed by atoms with E-state index < -0.39 is 16.9 Å². The van der Waals surface area contributed by atoms with Crippen molar-refractivity contribution in [1.82, 2.24) is 9.97 Å². The Kier molecular flexibility index (Phi) is 9.35. The van der Waals surface area contributed by atoms with Crippen LogP contribution in [-0.4, -0.2) is 37.2 Å². The van der Waals surface area contributed by atoms with Gasteiger partial charge < -0.3 is 20.1 Å². The number of halogens is 3. The number of rotatable bonds is 5. The van der Waals surface area contributed by atoms with Crippen molar-refractivity contribution in [2.75, 3.05) is 12.8 Å². The molecule has 0 radical (unpaired) electrons. The molecule has 0 fully saturated rings. The Labute approximate surface area is 222 Å². The quantitative estimate of drug-likeness (QED) is 0.225.